The number of nitro benzene ring substituents is 1. The van der Waals surface area contributed by atoms with Crippen LogP contribution >= 0.6 is 0 Å². The van der Waals surface area contributed by atoms with Crippen molar-refractivity contribution in [2.75, 3.05) is 12.8 Å². The highest BCUT2D eigenvalue weighted by Gasteiger charge is 2.44. The molecule has 19 heavy (non-hydrogen) atoms. The van der Waals surface area contributed by atoms with E-state index in [-0.39, 0.29) is 22.8 Å². The number of nitro groups is 1. The van der Waals surface area contributed by atoms with Crippen LogP contribution in [0.25, 0.3) is 0 Å². The SMILES string of the molecule is CN1C(=O)c2cc([N+](=O)[O-])cc(N)c2C(C)(C)C1=O. The number of likely N-dealkylation sites (N-methyl/N-ethyl adjacent to an activating group) is 1. The van der Waals surface area contributed by atoms with Crippen molar-refractivity contribution in [2.45, 2.75) is 19.3 Å². The fraction of sp³-hybridized carbons (Fsp3) is 0.333. The summed E-state index contributed by atoms with van der Waals surface area (Å²) in [5, 5.41) is 10.8. The summed E-state index contributed by atoms with van der Waals surface area (Å²) in [6, 6.07) is 2.34. The number of imide groups is 1. The fourth-order valence-corrected chi connectivity index (χ4v) is 2.42. The van der Waals surface area contributed by atoms with Crippen LogP contribution in [0.5, 0.6) is 0 Å². The van der Waals surface area contributed by atoms with Gasteiger partial charge in [0, 0.05) is 30.4 Å². The Morgan fingerprint density at radius 2 is 1.89 bits per heavy atom. The van der Waals surface area contributed by atoms with E-state index >= 15 is 0 Å². The first kappa shape index (κ1) is 13.0. The number of anilines is 1. The fourth-order valence-electron chi connectivity index (χ4n) is 2.42. The predicted octanol–water partition coefficient (Wildman–Crippen LogP) is 1.07. The maximum absolute atomic E-state index is 12.1. The van der Waals surface area contributed by atoms with E-state index in [1.807, 2.05) is 0 Å². The average molecular weight is 263 g/mol. The summed E-state index contributed by atoms with van der Waals surface area (Å²) in [7, 11) is 1.35. The van der Waals surface area contributed by atoms with E-state index in [2.05, 4.69) is 0 Å². The third-order valence-electron chi connectivity index (χ3n) is 3.36. The van der Waals surface area contributed by atoms with E-state index < -0.39 is 16.2 Å². The van der Waals surface area contributed by atoms with Crippen molar-refractivity contribution in [3.05, 3.63) is 33.4 Å². The Bertz CT molecular complexity index is 622. The van der Waals surface area contributed by atoms with Gasteiger partial charge >= 0.3 is 0 Å². The number of hydrogen-bond donors (Lipinski definition) is 1. The van der Waals surface area contributed by atoms with Crippen LogP contribution in [0.15, 0.2) is 12.1 Å². The van der Waals surface area contributed by atoms with Gasteiger partial charge in [-0.3, -0.25) is 24.6 Å². The molecular formula is C12H13N3O4. The minimum atomic E-state index is -0.989. The zero-order chi connectivity index (χ0) is 14.5. The van der Waals surface area contributed by atoms with Crippen LogP contribution in [0.2, 0.25) is 0 Å². The molecule has 1 aromatic rings. The van der Waals surface area contributed by atoms with Gasteiger partial charge in [0.15, 0.2) is 0 Å². The monoisotopic (exact) mass is 263 g/mol. The highest BCUT2D eigenvalue weighted by atomic mass is 16.6. The van der Waals surface area contributed by atoms with Crippen LogP contribution in [0.3, 0.4) is 0 Å². The van der Waals surface area contributed by atoms with E-state index in [4.69, 9.17) is 5.73 Å². The van der Waals surface area contributed by atoms with Gasteiger partial charge < -0.3 is 5.73 Å². The predicted molar refractivity (Wildman–Crippen MR) is 67.6 cm³/mol. The molecule has 0 atom stereocenters. The summed E-state index contributed by atoms with van der Waals surface area (Å²) in [4.78, 5) is 35.3. The number of nitrogen functional groups attached to an aromatic ring is 1. The van der Waals surface area contributed by atoms with Gasteiger partial charge in [-0.2, -0.15) is 0 Å². The molecule has 1 aromatic carbocycles. The Morgan fingerprint density at radius 1 is 1.32 bits per heavy atom. The van der Waals surface area contributed by atoms with Crippen molar-refractivity contribution < 1.29 is 14.5 Å². The van der Waals surface area contributed by atoms with Crippen LogP contribution in [0.1, 0.15) is 29.8 Å². The lowest BCUT2D eigenvalue weighted by Gasteiger charge is -2.36. The molecule has 0 aromatic heterocycles. The first-order valence-corrected chi connectivity index (χ1v) is 5.58. The number of carbonyl (C=O) groups is 2. The van der Waals surface area contributed by atoms with E-state index in [0.717, 1.165) is 4.90 Å². The number of benzene rings is 1. The van der Waals surface area contributed by atoms with Crippen LogP contribution in [0, 0.1) is 10.1 Å². The van der Waals surface area contributed by atoms with Gasteiger partial charge in [-0.15, -0.1) is 0 Å². The average Bonchev–Trinajstić information content (AvgIpc) is 2.33. The Morgan fingerprint density at radius 3 is 2.42 bits per heavy atom. The Kier molecular flexibility index (Phi) is 2.58. The van der Waals surface area contributed by atoms with Crippen LogP contribution in [-0.4, -0.2) is 28.7 Å². The van der Waals surface area contributed by atoms with Crippen LogP contribution in [-0.2, 0) is 10.2 Å². The second-order valence-electron chi connectivity index (χ2n) is 5.01. The maximum atomic E-state index is 12.1. The van der Waals surface area contributed by atoms with Crippen LogP contribution in [0.4, 0.5) is 11.4 Å². The number of hydrogen-bond acceptors (Lipinski definition) is 5. The molecule has 0 spiro atoms. The molecule has 1 aliphatic rings. The molecule has 0 aliphatic carbocycles. The van der Waals surface area contributed by atoms with Crippen molar-refractivity contribution in [1.82, 2.24) is 4.90 Å². The Hall–Kier alpha value is -2.44. The lowest BCUT2D eigenvalue weighted by molar-refractivity contribution is -0.384. The molecule has 1 heterocycles. The normalized spacial score (nSPS) is 17.3. The Balaban J connectivity index is 2.81. The van der Waals surface area contributed by atoms with E-state index in [1.165, 1.54) is 19.2 Å². The third kappa shape index (κ3) is 1.66. The highest BCUT2D eigenvalue weighted by molar-refractivity contribution is 6.14. The van der Waals surface area contributed by atoms with Gasteiger partial charge in [-0.1, -0.05) is 0 Å². The number of nitrogens with zero attached hydrogens (tertiary/aromatic N) is 2. The van der Waals surface area contributed by atoms with Gasteiger partial charge in [0.1, 0.15) is 0 Å². The molecule has 0 unspecified atom stereocenters. The van der Waals surface area contributed by atoms with Gasteiger partial charge in [-0.05, 0) is 13.8 Å². The molecule has 0 saturated heterocycles. The summed E-state index contributed by atoms with van der Waals surface area (Å²) >= 11 is 0. The van der Waals surface area contributed by atoms with E-state index in [9.17, 15) is 19.7 Å². The van der Waals surface area contributed by atoms with Crippen molar-refractivity contribution in [2.24, 2.45) is 0 Å². The van der Waals surface area contributed by atoms with Crippen molar-refractivity contribution >= 4 is 23.2 Å². The number of nitrogens with two attached hydrogens (primary N) is 1. The van der Waals surface area contributed by atoms with Gasteiger partial charge in [-0.25, -0.2) is 0 Å². The zero-order valence-corrected chi connectivity index (χ0v) is 10.8. The molecule has 7 heteroatoms. The second kappa shape index (κ2) is 3.78. The number of rotatable bonds is 1. The molecular weight excluding hydrogens is 250 g/mol. The van der Waals surface area contributed by atoms with Gasteiger partial charge in [0.2, 0.25) is 5.91 Å². The maximum Gasteiger partial charge on any atom is 0.272 e. The van der Waals surface area contributed by atoms with Crippen molar-refractivity contribution in [3.63, 3.8) is 0 Å². The molecule has 2 rings (SSSR count). The molecule has 0 bridgehead atoms. The van der Waals surface area contributed by atoms with E-state index in [0.29, 0.717) is 5.56 Å². The van der Waals surface area contributed by atoms with Crippen molar-refractivity contribution in [1.29, 1.82) is 0 Å². The summed E-state index contributed by atoms with van der Waals surface area (Å²) < 4.78 is 0. The standard InChI is InChI=1S/C12H13N3O4/c1-12(2)9-7(10(16)14(3)11(12)17)4-6(15(18)19)5-8(9)13/h4-5H,13H2,1-3H3. The molecule has 0 fully saturated rings. The lowest BCUT2D eigenvalue weighted by atomic mass is 9.76. The first-order chi connectivity index (χ1) is 8.67. The molecule has 2 N–H and O–H groups in total. The topological polar surface area (TPSA) is 107 Å². The minimum absolute atomic E-state index is 0.0870. The van der Waals surface area contributed by atoms with Crippen molar-refractivity contribution in [3.8, 4) is 0 Å². The number of fused-ring (bicyclic) bond motifs is 1. The quantitative estimate of drug-likeness (QED) is 0.353. The smallest absolute Gasteiger partial charge is 0.272 e. The molecule has 1 aliphatic heterocycles. The van der Waals surface area contributed by atoms with Crippen LogP contribution < -0.4 is 5.73 Å². The van der Waals surface area contributed by atoms with E-state index in [1.54, 1.807) is 13.8 Å². The van der Waals surface area contributed by atoms with Gasteiger partial charge in [0.25, 0.3) is 11.6 Å². The number of amides is 2. The lowest BCUT2D eigenvalue weighted by Crippen LogP contribution is -2.50. The molecule has 100 valence electrons. The zero-order valence-electron chi connectivity index (χ0n) is 10.8. The second-order valence-corrected chi connectivity index (χ2v) is 5.01. The minimum Gasteiger partial charge on any atom is -0.398 e. The first-order valence-electron chi connectivity index (χ1n) is 5.58. The Labute approximate surface area is 109 Å². The van der Waals surface area contributed by atoms with Gasteiger partial charge in [0.05, 0.1) is 15.9 Å². The summed E-state index contributed by atoms with van der Waals surface area (Å²) in [6.07, 6.45) is 0. The molecule has 0 saturated carbocycles. The largest absolute Gasteiger partial charge is 0.398 e. The summed E-state index contributed by atoms with van der Waals surface area (Å²) in [5.74, 6) is -0.958. The molecule has 0 radical (unpaired) electrons. The summed E-state index contributed by atoms with van der Waals surface area (Å²) in [5.41, 5.74) is 5.10. The molecule has 7 nitrogen and oxygen atoms in total. The number of non-ortho nitro benzene ring substituents is 1. The highest BCUT2D eigenvalue weighted by Crippen LogP contribution is 2.39. The number of carbonyl (C=O) groups excluding carboxylic acids is 2. The third-order valence-corrected chi connectivity index (χ3v) is 3.36. The molecule has 2 amide bonds. The summed E-state index contributed by atoms with van der Waals surface area (Å²) in [6.45, 7) is 3.28.